The number of benzene rings is 2. The van der Waals surface area contributed by atoms with E-state index in [0.29, 0.717) is 38.4 Å². The van der Waals surface area contributed by atoms with Gasteiger partial charge in [0.15, 0.2) is 0 Å². The number of alkyl halides is 2. The van der Waals surface area contributed by atoms with Crippen LogP contribution < -0.4 is 4.72 Å². The molecular formula is C26H27F5N2O4S. The normalized spacial score (nSPS) is 24.8. The van der Waals surface area contributed by atoms with E-state index in [1.54, 1.807) is 4.90 Å². The Morgan fingerprint density at radius 3 is 2.45 bits per heavy atom. The Balaban J connectivity index is 1.47. The van der Waals surface area contributed by atoms with E-state index in [9.17, 15) is 30.8 Å². The minimum atomic E-state index is -4.89. The zero-order valence-electron chi connectivity index (χ0n) is 20.3. The van der Waals surface area contributed by atoms with Crippen molar-refractivity contribution in [3.63, 3.8) is 0 Å². The number of ether oxygens (including phenoxy) is 1. The van der Waals surface area contributed by atoms with Crippen LogP contribution in [0.15, 0.2) is 36.4 Å². The van der Waals surface area contributed by atoms with Crippen LogP contribution >= 0.6 is 0 Å². The van der Waals surface area contributed by atoms with Crippen molar-refractivity contribution in [2.24, 2.45) is 5.41 Å². The second-order valence-electron chi connectivity index (χ2n) is 10.3. The summed E-state index contributed by atoms with van der Waals surface area (Å²) < 4.78 is 101. The minimum absolute atomic E-state index is 0.00251. The van der Waals surface area contributed by atoms with Crippen LogP contribution in [-0.2, 0) is 26.0 Å². The molecule has 3 fully saturated rings. The van der Waals surface area contributed by atoms with Gasteiger partial charge in [0, 0.05) is 42.3 Å². The molecular weight excluding hydrogens is 531 g/mol. The summed E-state index contributed by atoms with van der Waals surface area (Å²) in [6, 6.07) is 5.48. The third-order valence-electron chi connectivity index (χ3n) is 7.80. The van der Waals surface area contributed by atoms with Crippen LogP contribution in [0.25, 0.3) is 11.1 Å². The second-order valence-corrected chi connectivity index (χ2v) is 12.0. The second kappa shape index (κ2) is 10.2. The van der Waals surface area contributed by atoms with Crippen molar-refractivity contribution in [3.8, 4) is 11.1 Å². The van der Waals surface area contributed by atoms with Crippen molar-refractivity contribution in [2.75, 3.05) is 13.2 Å². The lowest BCUT2D eigenvalue weighted by molar-refractivity contribution is -0.147. The molecule has 2 aromatic rings. The van der Waals surface area contributed by atoms with E-state index in [4.69, 9.17) is 4.74 Å². The number of halogens is 5. The molecule has 2 heterocycles. The fraction of sp³-hybridized carbons (Fsp3) is 0.500. The molecule has 206 valence electrons. The van der Waals surface area contributed by atoms with Gasteiger partial charge in [-0.15, -0.1) is 0 Å². The van der Waals surface area contributed by atoms with E-state index in [1.807, 2.05) is 0 Å². The minimum Gasteiger partial charge on any atom is -0.368 e. The number of likely N-dealkylation sites (tertiary alicyclic amines) is 1. The van der Waals surface area contributed by atoms with E-state index in [-0.39, 0.29) is 42.0 Å². The van der Waals surface area contributed by atoms with Crippen LogP contribution in [0.5, 0.6) is 0 Å². The molecule has 1 amide bonds. The number of rotatable bonds is 7. The van der Waals surface area contributed by atoms with Gasteiger partial charge >= 0.3 is 5.76 Å². The Kier molecular flexibility index (Phi) is 7.25. The molecule has 2 aromatic carbocycles. The number of hydrogen-bond donors (Lipinski definition) is 1. The maximum Gasteiger partial charge on any atom is 0.350 e. The van der Waals surface area contributed by atoms with Crippen LogP contribution in [0.3, 0.4) is 0 Å². The molecule has 0 radical (unpaired) electrons. The van der Waals surface area contributed by atoms with Gasteiger partial charge in [-0.3, -0.25) is 4.79 Å². The summed E-state index contributed by atoms with van der Waals surface area (Å²) in [7, 11) is -4.89. The molecule has 3 atom stereocenters. The zero-order chi connectivity index (χ0) is 27.2. The number of hydrogen-bond acceptors (Lipinski definition) is 4. The summed E-state index contributed by atoms with van der Waals surface area (Å²) in [6.07, 6.45) is 1.61. The first-order valence-corrected chi connectivity index (χ1v) is 14.0. The first kappa shape index (κ1) is 27.0. The maximum absolute atomic E-state index is 15.7. The Hall–Kier alpha value is -2.57. The fourth-order valence-corrected chi connectivity index (χ4v) is 6.50. The van der Waals surface area contributed by atoms with Gasteiger partial charge in [0.2, 0.25) is 0 Å². The molecule has 6 nitrogen and oxygen atoms in total. The van der Waals surface area contributed by atoms with Crippen LogP contribution in [-0.4, -0.2) is 56.3 Å². The highest BCUT2D eigenvalue weighted by atomic mass is 32.2. The van der Waals surface area contributed by atoms with E-state index in [2.05, 4.69) is 4.72 Å². The van der Waals surface area contributed by atoms with Crippen LogP contribution in [0.4, 0.5) is 22.0 Å². The Labute approximate surface area is 217 Å². The quantitative estimate of drug-likeness (QED) is 0.512. The first-order chi connectivity index (χ1) is 18.0. The highest BCUT2D eigenvalue weighted by molar-refractivity contribution is 7.89. The van der Waals surface area contributed by atoms with E-state index in [1.165, 1.54) is 18.2 Å². The summed E-state index contributed by atoms with van der Waals surface area (Å²) >= 11 is 0. The number of nitrogens with one attached hydrogen (secondary N) is 1. The zero-order valence-corrected chi connectivity index (χ0v) is 21.1. The van der Waals surface area contributed by atoms with Crippen molar-refractivity contribution < 1.29 is 39.9 Å². The number of piperidine rings is 1. The van der Waals surface area contributed by atoms with Crippen molar-refractivity contribution in [1.82, 2.24) is 9.62 Å². The van der Waals surface area contributed by atoms with Gasteiger partial charge < -0.3 is 9.64 Å². The average Bonchev–Trinajstić information content (AvgIpc) is 3.40. The highest BCUT2D eigenvalue weighted by Gasteiger charge is 2.57. The van der Waals surface area contributed by atoms with Gasteiger partial charge in [-0.1, -0.05) is 18.2 Å². The summed E-state index contributed by atoms with van der Waals surface area (Å²) in [5.41, 5.74) is -0.573. The van der Waals surface area contributed by atoms with Gasteiger partial charge in [-0.25, -0.2) is 26.3 Å². The predicted molar refractivity (Wildman–Crippen MR) is 128 cm³/mol. The smallest absolute Gasteiger partial charge is 0.350 e. The molecule has 38 heavy (non-hydrogen) atoms. The van der Waals surface area contributed by atoms with Gasteiger partial charge in [0.1, 0.15) is 23.6 Å². The van der Waals surface area contributed by atoms with Crippen molar-refractivity contribution >= 4 is 15.9 Å². The largest absolute Gasteiger partial charge is 0.368 e. The van der Waals surface area contributed by atoms with Gasteiger partial charge in [0.05, 0.1) is 0 Å². The molecule has 1 N–H and O–H groups in total. The molecule has 5 rings (SSSR count). The SMILES string of the molecule is O=C([C@H]1CCCO1)N1CC2(CC2)[C@H](NS(=O)(=O)C(F)F)C[C@@H]1Cc1cccc(-c2cc(F)cc(F)c2)c1F. The standard InChI is InChI=1S/C26H27F5N2O4S/c27-17-9-16(10-18(28)12-17)20-4-1-3-15(23(20)29)11-19-13-22(32-38(35,36)25(30)31)26(6-7-26)14-33(19)24(34)21-5-2-8-37-21/h1,3-4,9-10,12,19,21-22,25,32H,2,5-8,11,13-14H2/t19-,21+,22+/m0/s1. The highest BCUT2D eigenvalue weighted by Crippen LogP contribution is 2.54. The van der Waals surface area contributed by atoms with E-state index in [0.717, 1.165) is 12.1 Å². The number of carbonyl (C=O) groups is 1. The first-order valence-electron chi connectivity index (χ1n) is 12.4. The molecule has 0 aromatic heterocycles. The summed E-state index contributed by atoms with van der Waals surface area (Å²) in [4.78, 5) is 15.0. The van der Waals surface area contributed by atoms with Crippen molar-refractivity contribution in [1.29, 1.82) is 0 Å². The third kappa shape index (κ3) is 5.30. The van der Waals surface area contributed by atoms with Gasteiger partial charge in [-0.2, -0.15) is 8.78 Å². The topological polar surface area (TPSA) is 75.7 Å². The molecule has 1 aliphatic carbocycles. The number of sulfonamides is 1. The summed E-state index contributed by atoms with van der Waals surface area (Å²) in [5, 5.41) is 0. The molecule has 3 aliphatic rings. The number of carbonyl (C=O) groups excluding carboxylic acids is 1. The lowest BCUT2D eigenvalue weighted by atomic mass is 9.82. The molecule has 0 unspecified atom stereocenters. The van der Waals surface area contributed by atoms with Crippen molar-refractivity contribution in [3.05, 3.63) is 59.4 Å². The number of amides is 1. The fourth-order valence-electron chi connectivity index (χ4n) is 5.65. The molecule has 2 aliphatic heterocycles. The summed E-state index contributed by atoms with van der Waals surface area (Å²) in [6.45, 7) is 0.556. The lowest BCUT2D eigenvalue weighted by Crippen LogP contribution is -2.60. The van der Waals surface area contributed by atoms with Gasteiger partial charge in [-0.05, 0) is 61.8 Å². The molecule has 1 saturated carbocycles. The number of nitrogens with zero attached hydrogens (tertiary/aromatic N) is 1. The van der Waals surface area contributed by atoms with Gasteiger partial charge in [0.25, 0.3) is 15.9 Å². The molecule has 12 heteroatoms. The monoisotopic (exact) mass is 558 g/mol. The summed E-state index contributed by atoms with van der Waals surface area (Å²) in [5.74, 6) is -6.37. The van der Waals surface area contributed by atoms with Crippen LogP contribution in [0.2, 0.25) is 0 Å². The predicted octanol–water partition coefficient (Wildman–Crippen LogP) is 4.38. The van der Waals surface area contributed by atoms with Crippen molar-refractivity contribution in [2.45, 2.75) is 62.5 Å². The third-order valence-corrected chi connectivity index (χ3v) is 8.88. The Morgan fingerprint density at radius 2 is 1.84 bits per heavy atom. The Bertz CT molecular complexity index is 1310. The van der Waals surface area contributed by atoms with E-state index >= 15 is 4.39 Å². The lowest BCUT2D eigenvalue weighted by Gasteiger charge is -2.45. The maximum atomic E-state index is 15.7. The van der Waals surface area contributed by atoms with E-state index < -0.39 is 56.8 Å². The molecule has 2 saturated heterocycles. The average molecular weight is 559 g/mol. The molecule has 1 spiro atoms. The Morgan fingerprint density at radius 1 is 1.13 bits per heavy atom. The van der Waals surface area contributed by atoms with Crippen LogP contribution in [0, 0.1) is 22.9 Å². The van der Waals surface area contributed by atoms with Crippen LogP contribution in [0.1, 0.15) is 37.7 Å². The molecule has 0 bridgehead atoms.